The quantitative estimate of drug-likeness (QED) is 0.462. The maximum atomic E-state index is 11.4. The van der Waals surface area contributed by atoms with Gasteiger partial charge in [0.2, 0.25) is 5.88 Å². The largest absolute Gasteiger partial charge is 0.480 e. The number of methoxy groups -OCH3 is 1. The summed E-state index contributed by atoms with van der Waals surface area (Å²) < 4.78 is 12.1. The minimum absolute atomic E-state index is 0.208. The Morgan fingerprint density at radius 2 is 2.25 bits per heavy atom. The fourth-order valence-electron chi connectivity index (χ4n) is 1.89. The summed E-state index contributed by atoms with van der Waals surface area (Å²) in [5.41, 5.74) is 0.769. The van der Waals surface area contributed by atoms with Gasteiger partial charge in [0.1, 0.15) is 5.65 Å². The van der Waals surface area contributed by atoms with E-state index in [1.807, 2.05) is 23.1 Å². The van der Waals surface area contributed by atoms with Crippen LogP contribution in [0.2, 0.25) is 0 Å². The van der Waals surface area contributed by atoms with Crippen LogP contribution < -0.4 is 4.74 Å². The zero-order valence-electron chi connectivity index (χ0n) is 11.8. The van der Waals surface area contributed by atoms with Crippen molar-refractivity contribution in [2.75, 3.05) is 20.0 Å². The summed E-state index contributed by atoms with van der Waals surface area (Å²) in [6, 6.07) is 1.89. The summed E-state index contributed by atoms with van der Waals surface area (Å²) in [5.74, 6) is 0.342. The summed E-state index contributed by atoms with van der Waals surface area (Å²) in [5, 5.41) is 1.49. The molecule has 2 rings (SSSR count). The summed E-state index contributed by atoms with van der Waals surface area (Å²) in [4.78, 5) is 20.2. The van der Waals surface area contributed by atoms with E-state index >= 15 is 0 Å². The SMILES string of the molecule is CCOC(=O)CCn1ccc2c(OC)nc(SC)nc21. The standard InChI is InChI=1S/C13H17N3O3S/c1-4-19-10(17)6-8-16-7-5-9-11(16)14-13(20-3)15-12(9)18-2/h5,7H,4,6,8H2,1-3H3. The van der Waals surface area contributed by atoms with Gasteiger partial charge >= 0.3 is 5.97 Å². The Balaban J connectivity index is 2.28. The zero-order chi connectivity index (χ0) is 14.5. The maximum Gasteiger partial charge on any atom is 0.307 e. The van der Waals surface area contributed by atoms with Gasteiger partial charge in [-0.05, 0) is 19.2 Å². The number of hydrogen-bond donors (Lipinski definition) is 0. The van der Waals surface area contributed by atoms with Crippen LogP contribution in [0.4, 0.5) is 0 Å². The highest BCUT2D eigenvalue weighted by atomic mass is 32.2. The Bertz CT molecular complexity index is 612. The van der Waals surface area contributed by atoms with Crippen molar-refractivity contribution in [2.45, 2.75) is 25.0 Å². The van der Waals surface area contributed by atoms with Crippen molar-refractivity contribution in [3.05, 3.63) is 12.3 Å². The van der Waals surface area contributed by atoms with Crippen LogP contribution in [0.15, 0.2) is 17.4 Å². The molecule has 6 nitrogen and oxygen atoms in total. The number of thioether (sulfide) groups is 1. The van der Waals surface area contributed by atoms with E-state index in [1.54, 1.807) is 14.0 Å². The number of nitrogens with zero attached hydrogens (tertiary/aromatic N) is 3. The second-order valence-electron chi connectivity index (χ2n) is 4.02. The molecule has 0 aliphatic heterocycles. The number of aryl methyl sites for hydroxylation is 1. The smallest absolute Gasteiger partial charge is 0.307 e. The molecule has 0 fully saturated rings. The molecular formula is C13H17N3O3S. The highest BCUT2D eigenvalue weighted by molar-refractivity contribution is 7.98. The number of carbonyl (C=O) groups excluding carboxylic acids is 1. The molecule has 2 heterocycles. The highest BCUT2D eigenvalue weighted by Crippen LogP contribution is 2.26. The Hall–Kier alpha value is -1.76. The fraction of sp³-hybridized carbons (Fsp3) is 0.462. The van der Waals surface area contributed by atoms with Crippen LogP contribution in [0, 0.1) is 0 Å². The van der Waals surface area contributed by atoms with Crippen LogP contribution in [0.3, 0.4) is 0 Å². The van der Waals surface area contributed by atoms with Gasteiger partial charge in [0.15, 0.2) is 5.16 Å². The molecule has 0 saturated heterocycles. The van der Waals surface area contributed by atoms with Crippen LogP contribution in [-0.4, -0.2) is 40.5 Å². The van der Waals surface area contributed by atoms with Gasteiger partial charge in [-0.15, -0.1) is 0 Å². The summed E-state index contributed by atoms with van der Waals surface area (Å²) in [6.07, 6.45) is 4.11. The lowest BCUT2D eigenvalue weighted by Crippen LogP contribution is -2.09. The first kappa shape index (κ1) is 14.6. The van der Waals surface area contributed by atoms with Gasteiger partial charge in [-0.1, -0.05) is 11.8 Å². The Morgan fingerprint density at radius 3 is 2.90 bits per heavy atom. The minimum atomic E-state index is -0.208. The molecule has 0 N–H and O–H groups in total. The molecule has 0 unspecified atom stereocenters. The van der Waals surface area contributed by atoms with E-state index in [0.717, 1.165) is 11.0 Å². The molecule has 0 bridgehead atoms. The van der Waals surface area contributed by atoms with Gasteiger partial charge < -0.3 is 14.0 Å². The minimum Gasteiger partial charge on any atom is -0.480 e. The van der Waals surface area contributed by atoms with E-state index in [9.17, 15) is 4.79 Å². The number of ether oxygens (including phenoxy) is 2. The molecule has 0 radical (unpaired) electrons. The molecule has 0 atom stereocenters. The predicted octanol–water partition coefficient (Wildman–Crippen LogP) is 2.12. The lowest BCUT2D eigenvalue weighted by molar-refractivity contribution is -0.143. The number of hydrogen-bond acceptors (Lipinski definition) is 6. The third-order valence-electron chi connectivity index (χ3n) is 2.80. The number of aromatic nitrogens is 3. The molecule has 2 aromatic rings. The molecule has 108 valence electrons. The summed E-state index contributed by atoms with van der Waals surface area (Å²) in [6.45, 7) is 2.72. The molecule has 0 amide bonds. The van der Waals surface area contributed by atoms with Crippen LogP contribution in [0.5, 0.6) is 5.88 Å². The molecule has 0 spiro atoms. The Labute approximate surface area is 121 Å². The van der Waals surface area contributed by atoms with E-state index in [2.05, 4.69) is 9.97 Å². The average molecular weight is 295 g/mol. The lowest BCUT2D eigenvalue weighted by atomic mass is 10.4. The van der Waals surface area contributed by atoms with Crippen molar-refractivity contribution in [2.24, 2.45) is 0 Å². The second-order valence-corrected chi connectivity index (χ2v) is 4.79. The normalized spacial score (nSPS) is 10.8. The first-order valence-corrected chi connectivity index (χ1v) is 7.52. The topological polar surface area (TPSA) is 66.2 Å². The van der Waals surface area contributed by atoms with E-state index < -0.39 is 0 Å². The third kappa shape index (κ3) is 3.04. The first-order valence-electron chi connectivity index (χ1n) is 6.30. The third-order valence-corrected chi connectivity index (χ3v) is 3.35. The van der Waals surface area contributed by atoms with Gasteiger partial charge in [0, 0.05) is 12.7 Å². The van der Waals surface area contributed by atoms with Crippen molar-refractivity contribution >= 4 is 28.8 Å². The van der Waals surface area contributed by atoms with Crippen molar-refractivity contribution in [3.8, 4) is 5.88 Å². The van der Waals surface area contributed by atoms with Crippen molar-refractivity contribution < 1.29 is 14.3 Å². The van der Waals surface area contributed by atoms with Crippen LogP contribution >= 0.6 is 11.8 Å². The molecule has 0 aromatic carbocycles. The molecule has 20 heavy (non-hydrogen) atoms. The average Bonchev–Trinajstić information content (AvgIpc) is 2.87. The predicted molar refractivity (Wildman–Crippen MR) is 77.1 cm³/mol. The van der Waals surface area contributed by atoms with Crippen LogP contribution in [-0.2, 0) is 16.1 Å². The number of rotatable bonds is 6. The summed E-state index contributed by atoms with van der Waals surface area (Å²) >= 11 is 1.45. The van der Waals surface area contributed by atoms with E-state index in [4.69, 9.17) is 9.47 Å². The number of fused-ring (bicyclic) bond motifs is 1. The van der Waals surface area contributed by atoms with E-state index in [0.29, 0.717) is 30.6 Å². The Morgan fingerprint density at radius 1 is 1.45 bits per heavy atom. The summed E-state index contributed by atoms with van der Waals surface area (Å²) in [7, 11) is 1.59. The van der Waals surface area contributed by atoms with Gasteiger partial charge in [-0.2, -0.15) is 4.98 Å². The van der Waals surface area contributed by atoms with Crippen molar-refractivity contribution in [1.29, 1.82) is 0 Å². The number of esters is 1. The molecule has 2 aromatic heterocycles. The number of carbonyl (C=O) groups is 1. The van der Waals surface area contributed by atoms with Crippen molar-refractivity contribution in [3.63, 3.8) is 0 Å². The lowest BCUT2D eigenvalue weighted by Gasteiger charge is -2.07. The Kier molecular flexibility index (Phi) is 4.84. The van der Waals surface area contributed by atoms with Crippen molar-refractivity contribution in [1.82, 2.24) is 14.5 Å². The molecule has 0 aliphatic rings. The van der Waals surface area contributed by atoms with Crippen LogP contribution in [0.25, 0.3) is 11.0 Å². The first-order chi connectivity index (χ1) is 9.69. The molecule has 7 heteroatoms. The second kappa shape index (κ2) is 6.60. The molecule has 0 saturated carbocycles. The van der Waals surface area contributed by atoms with E-state index in [1.165, 1.54) is 11.8 Å². The van der Waals surface area contributed by atoms with Gasteiger partial charge in [0.25, 0.3) is 0 Å². The van der Waals surface area contributed by atoms with E-state index in [-0.39, 0.29) is 5.97 Å². The highest BCUT2D eigenvalue weighted by Gasteiger charge is 2.12. The molecule has 0 aliphatic carbocycles. The fourth-order valence-corrected chi connectivity index (χ4v) is 2.24. The molecular weight excluding hydrogens is 278 g/mol. The van der Waals surface area contributed by atoms with Gasteiger partial charge in [-0.25, -0.2) is 4.98 Å². The zero-order valence-corrected chi connectivity index (χ0v) is 12.6. The monoisotopic (exact) mass is 295 g/mol. The van der Waals surface area contributed by atoms with Gasteiger partial charge in [-0.3, -0.25) is 4.79 Å². The van der Waals surface area contributed by atoms with Gasteiger partial charge in [0.05, 0.1) is 25.5 Å². The van der Waals surface area contributed by atoms with Crippen LogP contribution in [0.1, 0.15) is 13.3 Å². The maximum absolute atomic E-state index is 11.4.